The van der Waals surface area contributed by atoms with E-state index in [0.29, 0.717) is 18.8 Å². The maximum Gasteiger partial charge on any atom is 0.287 e. The smallest absolute Gasteiger partial charge is 0.287 e. The molecule has 5 nitrogen and oxygen atoms in total. The molecule has 0 saturated heterocycles. The summed E-state index contributed by atoms with van der Waals surface area (Å²) in [7, 11) is -1.20. The molecule has 1 heterocycles. The Balaban J connectivity index is 1.51. The molecule has 0 bridgehead atoms. The van der Waals surface area contributed by atoms with Gasteiger partial charge in [0.05, 0.1) is 16.6 Å². The topological polar surface area (TPSA) is 62.6 Å². The number of hydrogen-bond donors (Lipinski definition) is 1. The molecule has 2 aromatic carbocycles. The minimum absolute atomic E-state index is 0.239. The summed E-state index contributed by atoms with van der Waals surface area (Å²) in [5.74, 6) is 0.755. The van der Waals surface area contributed by atoms with Gasteiger partial charge in [0.2, 0.25) is 0 Å². The lowest BCUT2D eigenvalue weighted by molar-refractivity contribution is 0.0925. The van der Waals surface area contributed by atoms with Crippen LogP contribution < -0.4 is 10.2 Å². The SMILES string of the molecule is CCN(CCNC(=O)c1ccc(CS(=O)c2ccccc2)o1)c1ccccc1. The summed E-state index contributed by atoms with van der Waals surface area (Å²) in [6.45, 7) is 4.15. The molecule has 1 aromatic heterocycles. The molecule has 0 radical (unpaired) electrons. The fourth-order valence-electron chi connectivity index (χ4n) is 2.86. The van der Waals surface area contributed by atoms with E-state index in [1.165, 1.54) is 0 Å². The lowest BCUT2D eigenvalue weighted by atomic mass is 10.3. The molecule has 0 fully saturated rings. The lowest BCUT2D eigenvalue weighted by Crippen LogP contribution is -2.34. The average molecular weight is 397 g/mol. The maximum atomic E-state index is 12.4. The van der Waals surface area contributed by atoms with E-state index >= 15 is 0 Å². The highest BCUT2D eigenvalue weighted by atomic mass is 32.2. The zero-order chi connectivity index (χ0) is 19.8. The molecule has 0 aliphatic rings. The van der Waals surface area contributed by atoms with Crippen LogP contribution >= 0.6 is 0 Å². The maximum absolute atomic E-state index is 12.4. The molecule has 146 valence electrons. The van der Waals surface area contributed by atoms with E-state index in [0.717, 1.165) is 17.1 Å². The molecule has 0 saturated carbocycles. The van der Waals surface area contributed by atoms with Crippen LogP contribution in [0.1, 0.15) is 23.2 Å². The number of rotatable bonds is 9. The van der Waals surface area contributed by atoms with Gasteiger partial charge in [0, 0.05) is 30.2 Å². The van der Waals surface area contributed by atoms with Crippen LogP contribution in [0.3, 0.4) is 0 Å². The van der Waals surface area contributed by atoms with Gasteiger partial charge >= 0.3 is 0 Å². The Hall–Kier alpha value is -2.86. The highest BCUT2D eigenvalue weighted by Gasteiger charge is 2.14. The van der Waals surface area contributed by atoms with Crippen LogP contribution in [0.5, 0.6) is 0 Å². The molecular formula is C22H24N2O3S. The van der Waals surface area contributed by atoms with Crippen LogP contribution in [0, 0.1) is 0 Å². The fraction of sp³-hybridized carbons (Fsp3) is 0.227. The summed E-state index contributed by atoms with van der Waals surface area (Å²) in [5.41, 5.74) is 1.13. The van der Waals surface area contributed by atoms with Crippen molar-refractivity contribution < 1.29 is 13.4 Å². The van der Waals surface area contributed by atoms with Crippen LogP contribution in [0.4, 0.5) is 5.69 Å². The van der Waals surface area contributed by atoms with Gasteiger partial charge in [0.25, 0.3) is 5.91 Å². The number of furan rings is 1. The van der Waals surface area contributed by atoms with Crippen molar-refractivity contribution in [3.8, 4) is 0 Å². The molecule has 6 heteroatoms. The molecule has 0 aliphatic heterocycles. The van der Waals surface area contributed by atoms with Crippen molar-refractivity contribution in [1.29, 1.82) is 0 Å². The Morgan fingerprint density at radius 3 is 2.36 bits per heavy atom. The highest BCUT2D eigenvalue weighted by molar-refractivity contribution is 7.84. The van der Waals surface area contributed by atoms with E-state index in [1.807, 2.05) is 48.5 Å². The zero-order valence-electron chi connectivity index (χ0n) is 15.8. The predicted octanol–water partition coefficient (Wildman–Crippen LogP) is 3.84. The van der Waals surface area contributed by atoms with Gasteiger partial charge in [0.15, 0.2) is 5.76 Å². The molecule has 28 heavy (non-hydrogen) atoms. The Morgan fingerprint density at radius 1 is 1.00 bits per heavy atom. The van der Waals surface area contributed by atoms with Crippen molar-refractivity contribution in [2.45, 2.75) is 17.6 Å². The Labute approximate surface area is 167 Å². The molecule has 0 spiro atoms. The third-order valence-corrected chi connectivity index (χ3v) is 5.68. The van der Waals surface area contributed by atoms with Crippen LogP contribution in [-0.4, -0.2) is 29.8 Å². The van der Waals surface area contributed by atoms with Crippen molar-refractivity contribution >= 4 is 22.4 Å². The van der Waals surface area contributed by atoms with E-state index in [9.17, 15) is 9.00 Å². The van der Waals surface area contributed by atoms with E-state index in [1.54, 1.807) is 12.1 Å². The van der Waals surface area contributed by atoms with Crippen molar-refractivity contribution in [2.75, 3.05) is 24.5 Å². The molecular weight excluding hydrogens is 372 g/mol. The number of likely N-dealkylation sites (N-methyl/N-ethyl adjacent to an activating group) is 1. The third-order valence-electron chi connectivity index (χ3n) is 4.34. The normalized spacial score (nSPS) is 11.8. The van der Waals surface area contributed by atoms with E-state index < -0.39 is 10.8 Å². The standard InChI is InChI=1S/C22H24N2O3S/c1-2-24(18-9-5-3-6-10-18)16-15-23-22(25)21-14-13-19(27-21)17-28(26)20-11-7-4-8-12-20/h3-14H,2,15-17H2,1H3,(H,23,25). The largest absolute Gasteiger partial charge is 0.455 e. The first kappa shape index (κ1) is 19.9. The molecule has 1 amide bonds. The van der Waals surface area contributed by atoms with Crippen LogP contribution in [0.25, 0.3) is 0 Å². The Bertz CT molecular complexity index is 910. The second kappa shape index (κ2) is 9.90. The molecule has 1 atom stereocenters. The number of nitrogens with zero attached hydrogens (tertiary/aromatic N) is 1. The van der Waals surface area contributed by atoms with Crippen molar-refractivity contribution in [1.82, 2.24) is 5.32 Å². The second-order valence-corrected chi connectivity index (χ2v) is 7.69. The Kier molecular flexibility index (Phi) is 7.03. The monoisotopic (exact) mass is 396 g/mol. The number of benzene rings is 2. The zero-order valence-corrected chi connectivity index (χ0v) is 16.7. The minimum Gasteiger partial charge on any atom is -0.455 e. The predicted molar refractivity (Wildman–Crippen MR) is 112 cm³/mol. The molecule has 1 unspecified atom stereocenters. The molecule has 3 rings (SSSR count). The van der Waals surface area contributed by atoms with Gasteiger partial charge in [-0.1, -0.05) is 36.4 Å². The summed E-state index contributed by atoms with van der Waals surface area (Å²) < 4.78 is 17.9. The van der Waals surface area contributed by atoms with Crippen LogP contribution in [0.2, 0.25) is 0 Å². The first-order chi connectivity index (χ1) is 13.7. The fourth-order valence-corrected chi connectivity index (χ4v) is 3.90. The molecule has 1 N–H and O–H groups in total. The van der Waals surface area contributed by atoms with Gasteiger partial charge in [-0.15, -0.1) is 0 Å². The number of anilines is 1. The third kappa shape index (κ3) is 5.33. The number of carbonyl (C=O) groups is 1. The quantitative estimate of drug-likeness (QED) is 0.597. The van der Waals surface area contributed by atoms with E-state index in [2.05, 4.69) is 29.3 Å². The number of amides is 1. The summed E-state index contributed by atoms with van der Waals surface area (Å²) in [6, 6.07) is 22.6. The van der Waals surface area contributed by atoms with Crippen molar-refractivity contribution in [3.63, 3.8) is 0 Å². The van der Waals surface area contributed by atoms with Gasteiger partial charge < -0.3 is 14.6 Å². The summed E-state index contributed by atoms with van der Waals surface area (Å²) in [6.07, 6.45) is 0. The first-order valence-corrected chi connectivity index (χ1v) is 10.6. The summed E-state index contributed by atoms with van der Waals surface area (Å²) in [5, 5.41) is 2.88. The van der Waals surface area contributed by atoms with Gasteiger partial charge in [-0.05, 0) is 43.3 Å². The number of para-hydroxylation sites is 1. The summed E-state index contributed by atoms with van der Waals surface area (Å²) in [4.78, 5) is 15.3. The number of carbonyl (C=O) groups excluding carboxylic acids is 1. The molecule has 3 aromatic rings. The van der Waals surface area contributed by atoms with E-state index in [4.69, 9.17) is 4.42 Å². The van der Waals surface area contributed by atoms with Gasteiger partial charge in [-0.25, -0.2) is 0 Å². The van der Waals surface area contributed by atoms with Crippen LogP contribution in [0.15, 0.2) is 82.1 Å². The number of nitrogens with one attached hydrogen (secondary N) is 1. The van der Waals surface area contributed by atoms with Crippen molar-refractivity contribution in [2.24, 2.45) is 0 Å². The number of hydrogen-bond acceptors (Lipinski definition) is 4. The van der Waals surface area contributed by atoms with Crippen molar-refractivity contribution in [3.05, 3.63) is 84.3 Å². The van der Waals surface area contributed by atoms with E-state index in [-0.39, 0.29) is 17.4 Å². The second-order valence-electron chi connectivity index (χ2n) is 6.24. The molecule has 0 aliphatic carbocycles. The highest BCUT2D eigenvalue weighted by Crippen LogP contribution is 2.15. The summed E-state index contributed by atoms with van der Waals surface area (Å²) >= 11 is 0. The minimum atomic E-state index is -1.20. The average Bonchev–Trinajstić information content (AvgIpc) is 3.21. The van der Waals surface area contributed by atoms with Crippen LogP contribution in [-0.2, 0) is 16.6 Å². The van der Waals surface area contributed by atoms with Gasteiger partial charge in [-0.2, -0.15) is 0 Å². The van der Waals surface area contributed by atoms with Gasteiger partial charge in [0.1, 0.15) is 5.76 Å². The Morgan fingerprint density at radius 2 is 1.68 bits per heavy atom. The first-order valence-electron chi connectivity index (χ1n) is 9.27. The van der Waals surface area contributed by atoms with Gasteiger partial charge in [-0.3, -0.25) is 9.00 Å². The lowest BCUT2D eigenvalue weighted by Gasteiger charge is -2.23.